The maximum Gasteiger partial charge on any atom is 0.256 e. The van der Waals surface area contributed by atoms with Gasteiger partial charge in [0.25, 0.3) is 5.91 Å². The van der Waals surface area contributed by atoms with Crippen LogP contribution < -0.4 is 0 Å². The molecule has 2 saturated carbocycles. The van der Waals surface area contributed by atoms with Gasteiger partial charge in [-0.15, -0.1) is 0 Å². The number of amidine groups is 1. The maximum atomic E-state index is 13.3. The predicted molar refractivity (Wildman–Crippen MR) is 98.2 cm³/mol. The Bertz CT molecular complexity index is 711. The number of hydrogen-bond donors (Lipinski definition) is 0. The lowest BCUT2D eigenvalue weighted by molar-refractivity contribution is -0.132. The Labute approximate surface area is 149 Å². The van der Waals surface area contributed by atoms with Crippen molar-refractivity contribution >= 4 is 11.7 Å². The highest BCUT2D eigenvalue weighted by Gasteiger charge is 2.60. The molecule has 2 aliphatic carbocycles. The Kier molecular flexibility index (Phi) is 3.53. The molecule has 132 valence electrons. The van der Waals surface area contributed by atoms with E-state index in [9.17, 15) is 4.79 Å². The van der Waals surface area contributed by atoms with Gasteiger partial charge in [-0.1, -0.05) is 30.3 Å². The Balaban J connectivity index is 1.34. The third-order valence-corrected chi connectivity index (χ3v) is 6.78. The molecular weight excluding hydrogens is 310 g/mol. The number of benzene rings is 1. The van der Waals surface area contributed by atoms with Crippen molar-refractivity contribution in [2.45, 2.75) is 44.7 Å². The first-order valence-electron chi connectivity index (χ1n) is 9.80. The van der Waals surface area contributed by atoms with E-state index in [2.05, 4.69) is 35.2 Å². The van der Waals surface area contributed by atoms with E-state index in [4.69, 9.17) is 4.99 Å². The van der Waals surface area contributed by atoms with Gasteiger partial charge in [-0.3, -0.25) is 19.6 Å². The SMILES string of the molecule is CC1=N[C@@]2(CC[C@@H]3CN(Cc4ccccc4)C[C@@H]32)C(=O)N1CC1CC1. The molecule has 0 radical (unpaired) electrons. The summed E-state index contributed by atoms with van der Waals surface area (Å²) in [7, 11) is 0. The summed E-state index contributed by atoms with van der Waals surface area (Å²) in [6.07, 6.45) is 4.66. The van der Waals surface area contributed by atoms with Crippen LogP contribution in [0.2, 0.25) is 0 Å². The Morgan fingerprint density at radius 3 is 2.72 bits per heavy atom. The van der Waals surface area contributed by atoms with E-state index in [1.165, 1.54) is 18.4 Å². The van der Waals surface area contributed by atoms with E-state index in [-0.39, 0.29) is 0 Å². The minimum atomic E-state index is -0.435. The van der Waals surface area contributed by atoms with Crippen molar-refractivity contribution in [3.63, 3.8) is 0 Å². The van der Waals surface area contributed by atoms with Gasteiger partial charge in [-0.2, -0.15) is 0 Å². The predicted octanol–water partition coefficient (Wildman–Crippen LogP) is 2.94. The van der Waals surface area contributed by atoms with Crippen LogP contribution in [0, 0.1) is 17.8 Å². The summed E-state index contributed by atoms with van der Waals surface area (Å²) in [5.74, 6) is 3.04. The third kappa shape index (κ3) is 2.53. The van der Waals surface area contributed by atoms with E-state index in [0.29, 0.717) is 17.7 Å². The van der Waals surface area contributed by atoms with Crippen LogP contribution in [-0.2, 0) is 11.3 Å². The zero-order valence-corrected chi connectivity index (χ0v) is 15.0. The first-order valence-corrected chi connectivity index (χ1v) is 9.80. The summed E-state index contributed by atoms with van der Waals surface area (Å²) in [5.41, 5.74) is 0.930. The second kappa shape index (κ2) is 5.66. The zero-order valence-electron chi connectivity index (χ0n) is 15.0. The number of amides is 1. The summed E-state index contributed by atoms with van der Waals surface area (Å²) in [6.45, 7) is 6.07. The number of aliphatic imine (C=N–C) groups is 1. The summed E-state index contributed by atoms with van der Waals surface area (Å²) >= 11 is 0. The number of fused-ring (bicyclic) bond motifs is 2. The lowest BCUT2D eigenvalue weighted by Crippen LogP contribution is -2.47. The van der Waals surface area contributed by atoms with Crippen molar-refractivity contribution in [1.29, 1.82) is 0 Å². The average molecular weight is 337 g/mol. The van der Waals surface area contributed by atoms with E-state index in [1.807, 2.05) is 11.8 Å². The first-order chi connectivity index (χ1) is 12.2. The van der Waals surface area contributed by atoms with Gasteiger partial charge in [-0.25, -0.2) is 0 Å². The second-order valence-corrected chi connectivity index (χ2v) is 8.53. The topological polar surface area (TPSA) is 35.9 Å². The van der Waals surface area contributed by atoms with Crippen molar-refractivity contribution in [1.82, 2.24) is 9.80 Å². The highest BCUT2D eigenvalue weighted by atomic mass is 16.2. The van der Waals surface area contributed by atoms with Gasteiger partial charge in [0.2, 0.25) is 0 Å². The Morgan fingerprint density at radius 2 is 1.96 bits per heavy atom. The molecule has 3 fully saturated rings. The van der Waals surface area contributed by atoms with Crippen molar-refractivity contribution < 1.29 is 4.79 Å². The molecule has 0 bridgehead atoms. The fourth-order valence-corrected chi connectivity index (χ4v) is 5.31. The molecule has 1 aromatic carbocycles. The molecule has 1 spiro atoms. The van der Waals surface area contributed by atoms with Gasteiger partial charge in [0, 0.05) is 32.1 Å². The van der Waals surface area contributed by atoms with Gasteiger partial charge >= 0.3 is 0 Å². The van der Waals surface area contributed by atoms with Crippen LogP contribution in [0.1, 0.15) is 38.2 Å². The maximum absolute atomic E-state index is 13.3. The largest absolute Gasteiger partial charge is 0.298 e. The summed E-state index contributed by atoms with van der Waals surface area (Å²) in [6, 6.07) is 10.7. The van der Waals surface area contributed by atoms with Crippen LogP contribution in [0.15, 0.2) is 35.3 Å². The minimum absolute atomic E-state index is 0.311. The van der Waals surface area contributed by atoms with Crippen molar-refractivity contribution in [3.05, 3.63) is 35.9 Å². The summed E-state index contributed by atoms with van der Waals surface area (Å²) < 4.78 is 0. The molecule has 25 heavy (non-hydrogen) atoms. The molecule has 0 unspecified atom stereocenters. The van der Waals surface area contributed by atoms with Crippen molar-refractivity contribution in [2.75, 3.05) is 19.6 Å². The lowest BCUT2D eigenvalue weighted by atomic mass is 9.85. The van der Waals surface area contributed by atoms with Crippen LogP contribution in [0.25, 0.3) is 0 Å². The standard InChI is InChI=1S/C21H27N3O/c1-15-22-21(20(25)24(15)12-17-7-8-17)10-9-18-13-23(14-19(18)21)11-16-5-3-2-4-6-16/h2-6,17-19H,7-14H2,1H3/t18-,19+,21-/m1/s1. The third-order valence-electron chi connectivity index (χ3n) is 6.78. The molecule has 4 nitrogen and oxygen atoms in total. The molecule has 3 atom stereocenters. The van der Waals surface area contributed by atoms with E-state index in [1.54, 1.807) is 0 Å². The number of carbonyl (C=O) groups excluding carboxylic acids is 1. The van der Waals surface area contributed by atoms with E-state index in [0.717, 1.165) is 50.8 Å². The Morgan fingerprint density at radius 1 is 1.16 bits per heavy atom. The molecule has 4 aliphatic rings. The van der Waals surface area contributed by atoms with Gasteiger partial charge < -0.3 is 0 Å². The van der Waals surface area contributed by atoms with Crippen molar-refractivity contribution in [3.8, 4) is 0 Å². The lowest BCUT2D eigenvalue weighted by Gasteiger charge is -2.28. The van der Waals surface area contributed by atoms with Gasteiger partial charge in [-0.05, 0) is 50.0 Å². The number of nitrogens with zero attached hydrogens (tertiary/aromatic N) is 3. The highest BCUT2D eigenvalue weighted by molar-refractivity contribution is 6.07. The normalized spacial score (nSPS) is 34.8. The summed E-state index contributed by atoms with van der Waals surface area (Å²) in [4.78, 5) is 22.9. The molecule has 4 heteroatoms. The molecule has 1 saturated heterocycles. The molecule has 1 amide bonds. The smallest absolute Gasteiger partial charge is 0.256 e. The van der Waals surface area contributed by atoms with Crippen molar-refractivity contribution in [2.24, 2.45) is 22.7 Å². The quantitative estimate of drug-likeness (QED) is 0.847. The molecule has 2 aliphatic heterocycles. The van der Waals surface area contributed by atoms with Crippen LogP contribution in [0.3, 0.4) is 0 Å². The number of hydrogen-bond acceptors (Lipinski definition) is 3. The molecule has 1 aromatic rings. The molecule has 2 heterocycles. The average Bonchev–Trinajstić information content (AvgIpc) is 3.18. The molecule has 0 aromatic heterocycles. The minimum Gasteiger partial charge on any atom is -0.298 e. The second-order valence-electron chi connectivity index (χ2n) is 8.53. The molecular formula is C21H27N3O. The fraction of sp³-hybridized carbons (Fsp3) is 0.619. The summed E-state index contributed by atoms with van der Waals surface area (Å²) in [5, 5.41) is 0. The number of carbonyl (C=O) groups is 1. The fourth-order valence-electron chi connectivity index (χ4n) is 5.31. The zero-order chi connectivity index (χ0) is 17.0. The van der Waals surface area contributed by atoms with Crippen LogP contribution in [0.5, 0.6) is 0 Å². The van der Waals surface area contributed by atoms with E-state index >= 15 is 0 Å². The van der Waals surface area contributed by atoms with Crippen LogP contribution in [0.4, 0.5) is 0 Å². The van der Waals surface area contributed by atoms with Gasteiger partial charge in [0.05, 0.1) is 0 Å². The van der Waals surface area contributed by atoms with Crippen LogP contribution in [-0.4, -0.2) is 46.7 Å². The number of likely N-dealkylation sites (tertiary alicyclic amines) is 1. The van der Waals surface area contributed by atoms with Gasteiger partial charge in [0.1, 0.15) is 11.4 Å². The van der Waals surface area contributed by atoms with Gasteiger partial charge in [0.15, 0.2) is 0 Å². The van der Waals surface area contributed by atoms with E-state index < -0.39 is 5.54 Å². The van der Waals surface area contributed by atoms with Crippen LogP contribution >= 0.6 is 0 Å². The highest BCUT2D eigenvalue weighted by Crippen LogP contribution is 2.50. The monoisotopic (exact) mass is 337 g/mol. The first kappa shape index (κ1) is 15.6. The molecule has 5 rings (SSSR count). The Hall–Kier alpha value is -1.68. The molecule has 0 N–H and O–H groups in total. The number of rotatable bonds is 4.